The Labute approximate surface area is 181 Å². The van der Waals surface area contributed by atoms with Gasteiger partial charge in [0.25, 0.3) is 17.5 Å². The van der Waals surface area contributed by atoms with Crippen LogP contribution in [-0.4, -0.2) is 39.1 Å². The number of hydrogen-bond acceptors (Lipinski definition) is 7. The molecule has 0 aliphatic carbocycles. The van der Waals surface area contributed by atoms with E-state index in [1.54, 1.807) is 11.5 Å². The highest BCUT2D eigenvalue weighted by Gasteiger charge is 2.37. The molecule has 1 aliphatic rings. The van der Waals surface area contributed by atoms with Crippen LogP contribution in [0.15, 0.2) is 54.0 Å². The lowest BCUT2D eigenvalue weighted by molar-refractivity contribution is -0.384. The Bertz CT molecular complexity index is 1170. The minimum Gasteiger partial charge on any atom is -0.300 e. The maximum atomic E-state index is 12.5. The van der Waals surface area contributed by atoms with E-state index < -0.39 is 29.2 Å². The number of nitro groups is 1. The summed E-state index contributed by atoms with van der Waals surface area (Å²) in [6, 6.07) is 3.40. The van der Waals surface area contributed by atoms with E-state index in [1.165, 1.54) is 17.4 Å². The van der Waals surface area contributed by atoms with Crippen molar-refractivity contribution in [3.05, 3.63) is 80.9 Å². The van der Waals surface area contributed by atoms with Crippen LogP contribution in [0.5, 0.6) is 0 Å². The SMILES string of the molecule is C=CC(=CC=C(C)C)c1csc(NC(=O)CN2C(=O)c3ccc([N+](=O)[O-])cc3C2=O)n1. The number of carbonyl (C=O) groups excluding carboxylic acids is 3. The van der Waals surface area contributed by atoms with Crippen molar-refractivity contribution in [3.8, 4) is 0 Å². The smallest absolute Gasteiger partial charge is 0.270 e. The van der Waals surface area contributed by atoms with Crippen LogP contribution in [0.3, 0.4) is 0 Å². The van der Waals surface area contributed by atoms with Crippen LogP contribution in [-0.2, 0) is 4.79 Å². The number of aromatic nitrogens is 1. The quantitative estimate of drug-likeness (QED) is 0.303. The Morgan fingerprint density at radius 3 is 2.61 bits per heavy atom. The molecule has 3 rings (SSSR count). The van der Waals surface area contributed by atoms with Crippen molar-refractivity contribution in [1.82, 2.24) is 9.88 Å². The molecular weight excluding hydrogens is 420 g/mol. The molecule has 2 aromatic rings. The number of benzene rings is 1. The summed E-state index contributed by atoms with van der Waals surface area (Å²) in [5.74, 6) is -2.04. The zero-order valence-electron chi connectivity index (χ0n) is 16.7. The molecule has 0 saturated carbocycles. The zero-order valence-corrected chi connectivity index (χ0v) is 17.6. The highest BCUT2D eigenvalue weighted by molar-refractivity contribution is 7.14. The number of hydrogen-bond donors (Lipinski definition) is 1. The van der Waals surface area contributed by atoms with E-state index in [2.05, 4.69) is 16.9 Å². The summed E-state index contributed by atoms with van der Waals surface area (Å²) in [5, 5.41) is 15.5. The second-order valence-electron chi connectivity index (χ2n) is 6.84. The van der Waals surface area contributed by atoms with Crippen molar-refractivity contribution in [2.24, 2.45) is 0 Å². The number of carbonyl (C=O) groups is 3. The van der Waals surface area contributed by atoms with Gasteiger partial charge >= 0.3 is 0 Å². The molecule has 2 heterocycles. The first kappa shape index (κ1) is 21.8. The maximum absolute atomic E-state index is 12.5. The molecule has 3 amide bonds. The summed E-state index contributed by atoms with van der Waals surface area (Å²) in [7, 11) is 0. The molecule has 0 saturated heterocycles. The topological polar surface area (TPSA) is 123 Å². The van der Waals surface area contributed by atoms with E-state index in [0.29, 0.717) is 10.8 Å². The first-order valence-electron chi connectivity index (χ1n) is 9.09. The zero-order chi connectivity index (χ0) is 22.7. The lowest BCUT2D eigenvalue weighted by Crippen LogP contribution is -2.37. The Balaban J connectivity index is 1.71. The largest absolute Gasteiger partial charge is 0.300 e. The van der Waals surface area contributed by atoms with Gasteiger partial charge < -0.3 is 5.32 Å². The van der Waals surface area contributed by atoms with Crippen molar-refractivity contribution in [2.45, 2.75) is 13.8 Å². The summed E-state index contributed by atoms with van der Waals surface area (Å²) in [4.78, 5) is 52.7. The average molecular weight is 438 g/mol. The van der Waals surface area contributed by atoms with Crippen molar-refractivity contribution >= 4 is 45.5 Å². The molecular formula is C21H18N4O5S. The lowest BCUT2D eigenvalue weighted by Gasteiger charge is -2.12. The fourth-order valence-electron chi connectivity index (χ4n) is 2.82. The molecule has 1 N–H and O–H groups in total. The van der Waals surface area contributed by atoms with Gasteiger partial charge in [-0.15, -0.1) is 11.3 Å². The monoisotopic (exact) mass is 438 g/mol. The lowest BCUT2D eigenvalue weighted by atomic mass is 10.1. The van der Waals surface area contributed by atoms with E-state index in [-0.39, 0.29) is 16.8 Å². The van der Waals surface area contributed by atoms with Gasteiger partial charge in [0.15, 0.2) is 5.13 Å². The fourth-order valence-corrected chi connectivity index (χ4v) is 3.55. The van der Waals surface area contributed by atoms with Crippen LogP contribution in [0.1, 0.15) is 40.3 Å². The van der Waals surface area contributed by atoms with E-state index in [0.717, 1.165) is 28.2 Å². The van der Waals surface area contributed by atoms with E-state index in [4.69, 9.17) is 0 Å². The number of amides is 3. The third kappa shape index (κ3) is 4.64. The minimum absolute atomic E-state index is 0.0277. The number of nitrogens with one attached hydrogen (secondary N) is 1. The van der Waals surface area contributed by atoms with Gasteiger partial charge in [0.2, 0.25) is 5.91 Å². The van der Waals surface area contributed by atoms with Gasteiger partial charge in [0.05, 0.1) is 21.7 Å². The molecule has 9 nitrogen and oxygen atoms in total. The van der Waals surface area contributed by atoms with Gasteiger partial charge in [0, 0.05) is 23.1 Å². The molecule has 0 radical (unpaired) electrons. The Morgan fingerprint density at radius 2 is 1.97 bits per heavy atom. The number of nitro benzene ring substituents is 1. The second-order valence-corrected chi connectivity index (χ2v) is 7.70. The van der Waals surface area contributed by atoms with Crippen molar-refractivity contribution < 1.29 is 19.3 Å². The minimum atomic E-state index is -0.753. The van der Waals surface area contributed by atoms with Gasteiger partial charge in [-0.2, -0.15) is 0 Å². The number of nitrogens with zero attached hydrogens (tertiary/aromatic N) is 3. The molecule has 0 bridgehead atoms. The fraction of sp³-hybridized carbons (Fsp3) is 0.143. The van der Waals surface area contributed by atoms with Crippen molar-refractivity contribution in [2.75, 3.05) is 11.9 Å². The predicted molar refractivity (Wildman–Crippen MR) is 117 cm³/mol. The van der Waals surface area contributed by atoms with Crippen LogP contribution in [0, 0.1) is 10.1 Å². The first-order chi connectivity index (χ1) is 14.7. The summed E-state index contributed by atoms with van der Waals surface area (Å²) < 4.78 is 0. The van der Waals surface area contributed by atoms with Gasteiger partial charge in [0.1, 0.15) is 6.54 Å². The number of thiazole rings is 1. The van der Waals surface area contributed by atoms with Gasteiger partial charge in [-0.05, 0) is 19.9 Å². The molecule has 10 heteroatoms. The number of fused-ring (bicyclic) bond motifs is 1. The standard InChI is InChI=1S/C21H18N4O5S/c1-4-13(6-5-12(2)3)17-11-31-21(22-17)23-18(26)10-24-19(27)15-8-7-14(25(29)30)9-16(15)20(24)28/h4-9,11H,1,10H2,2-3H3,(H,22,23,26). The number of imide groups is 1. The molecule has 1 aromatic heterocycles. The highest BCUT2D eigenvalue weighted by Crippen LogP contribution is 2.27. The second kappa shape index (κ2) is 8.84. The highest BCUT2D eigenvalue weighted by atomic mass is 32.1. The molecule has 0 unspecified atom stereocenters. The molecule has 31 heavy (non-hydrogen) atoms. The number of rotatable bonds is 7. The van der Waals surface area contributed by atoms with Crippen molar-refractivity contribution in [3.63, 3.8) is 0 Å². The summed E-state index contributed by atoms with van der Waals surface area (Å²) >= 11 is 1.19. The normalized spacial score (nSPS) is 13.1. The molecule has 0 fully saturated rings. The van der Waals surface area contributed by atoms with E-state index in [9.17, 15) is 24.5 Å². The van der Waals surface area contributed by atoms with Gasteiger partial charge in [-0.3, -0.25) is 29.4 Å². The third-order valence-corrected chi connectivity index (χ3v) is 5.09. The van der Waals surface area contributed by atoms with E-state index >= 15 is 0 Å². The van der Waals surface area contributed by atoms with Crippen LogP contribution < -0.4 is 5.32 Å². The van der Waals surface area contributed by atoms with Crippen LogP contribution in [0.4, 0.5) is 10.8 Å². The van der Waals surface area contributed by atoms with Crippen LogP contribution in [0.25, 0.3) is 5.57 Å². The molecule has 1 aromatic carbocycles. The van der Waals surface area contributed by atoms with Crippen LogP contribution in [0.2, 0.25) is 0 Å². The van der Waals surface area contributed by atoms with Crippen LogP contribution >= 0.6 is 11.3 Å². The Hall–Kier alpha value is -3.92. The Kier molecular flexibility index (Phi) is 6.21. The summed E-state index contributed by atoms with van der Waals surface area (Å²) in [6.07, 6.45) is 5.43. The first-order valence-corrected chi connectivity index (χ1v) is 9.97. The van der Waals surface area contributed by atoms with E-state index in [1.807, 2.05) is 26.0 Å². The number of allylic oxidation sites excluding steroid dienone is 5. The summed E-state index contributed by atoms with van der Waals surface area (Å²) in [5.41, 5.74) is 2.14. The molecule has 0 atom stereocenters. The third-order valence-electron chi connectivity index (χ3n) is 4.33. The number of non-ortho nitro benzene ring substituents is 1. The molecule has 1 aliphatic heterocycles. The summed E-state index contributed by atoms with van der Waals surface area (Å²) in [6.45, 7) is 7.15. The number of anilines is 1. The molecule has 0 spiro atoms. The molecule has 158 valence electrons. The van der Waals surface area contributed by atoms with Gasteiger partial charge in [-0.25, -0.2) is 4.98 Å². The van der Waals surface area contributed by atoms with Crippen molar-refractivity contribution in [1.29, 1.82) is 0 Å². The Morgan fingerprint density at radius 1 is 1.26 bits per heavy atom. The van der Waals surface area contributed by atoms with Gasteiger partial charge in [-0.1, -0.05) is 30.4 Å². The average Bonchev–Trinajstić information content (AvgIpc) is 3.27. The maximum Gasteiger partial charge on any atom is 0.270 e. The predicted octanol–water partition coefficient (Wildman–Crippen LogP) is 3.82.